The first-order valence-electron chi connectivity index (χ1n) is 5.42. The molecule has 0 aromatic rings. The lowest BCUT2D eigenvalue weighted by Gasteiger charge is -2.14. The molecule has 0 amide bonds. The molecular weight excluding hydrogens is 164 g/mol. The second-order valence-electron chi connectivity index (χ2n) is 3.49. The van der Waals surface area contributed by atoms with Crippen LogP contribution in [0.5, 0.6) is 0 Å². The Hall–Kier alpha value is 0.177. The number of hydrogen-bond donors (Lipinski definition) is 0. The van der Waals surface area contributed by atoms with Gasteiger partial charge in [0.25, 0.3) is 0 Å². The summed E-state index contributed by atoms with van der Waals surface area (Å²) in [5.74, 6) is 0.837. The van der Waals surface area contributed by atoms with Crippen molar-refractivity contribution in [3.05, 3.63) is 0 Å². The third-order valence-corrected chi connectivity index (χ3v) is 3.18. The van der Waals surface area contributed by atoms with E-state index in [1.165, 1.54) is 31.7 Å². The van der Waals surface area contributed by atoms with E-state index in [0.717, 1.165) is 12.5 Å². The van der Waals surface area contributed by atoms with Gasteiger partial charge in [0.1, 0.15) is 0 Å². The van der Waals surface area contributed by atoms with Crippen molar-refractivity contribution < 1.29 is 4.43 Å². The molecule has 0 saturated heterocycles. The monoisotopic (exact) mass is 188 g/mol. The Labute approximate surface area is 79.8 Å². The van der Waals surface area contributed by atoms with Gasteiger partial charge in [0.15, 0.2) is 9.76 Å². The molecular formula is C10H24OSi. The predicted molar refractivity (Wildman–Crippen MR) is 58.3 cm³/mol. The van der Waals surface area contributed by atoms with E-state index in [1.807, 2.05) is 0 Å². The Morgan fingerprint density at radius 3 is 2.50 bits per heavy atom. The highest BCUT2D eigenvalue weighted by atomic mass is 28.2. The number of rotatable bonds is 8. The van der Waals surface area contributed by atoms with Crippen molar-refractivity contribution in [3.63, 3.8) is 0 Å². The Kier molecular flexibility index (Phi) is 9.40. The summed E-state index contributed by atoms with van der Waals surface area (Å²) in [6.07, 6.45) is 5.35. The first kappa shape index (κ1) is 12.2. The van der Waals surface area contributed by atoms with Gasteiger partial charge in [-0.2, -0.15) is 0 Å². The summed E-state index contributed by atoms with van der Waals surface area (Å²) < 4.78 is 5.67. The normalized spacial score (nSPS) is 14.2. The summed E-state index contributed by atoms with van der Waals surface area (Å²) in [6, 6.07) is 1.28. The summed E-state index contributed by atoms with van der Waals surface area (Å²) >= 11 is 0. The minimum Gasteiger partial charge on any atom is -0.424 e. The van der Waals surface area contributed by atoms with E-state index in [1.54, 1.807) is 0 Å². The number of unbranched alkanes of at least 4 members (excludes halogenated alkanes) is 1. The van der Waals surface area contributed by atoms with Gasteiger partial charge < -0.3 is 4.43 Å². The van der Waals surface area contributed by atoms with Crippen LogP contribution in [0.4, 0.5) is 0 Å². The first-order valence-corrected chi connectivity index (χ1v) is 7.00. The van der Waals surface area contributed by atoms with E-state index in [4.69, 9.17) is 4.43 Å². The lowest BCUT2D eigenvalue weighted by Crippen LogP contribution is -2.10. The fraction of sp³-hybridized carbons (Fsp3) is 1.00. The van der Waals surface area contributed by atoms with E-state index < -0.39 is 0 Å². The molecule has 1 atom stereocenters. The SMILES string of the molecule is CCCCC(CC)CO[SiH2]CC. The van der Waals surface area contributed by atoms with E-state index in [0.29, 0.717) is 0 Å². The van der Waals surface area contributed by atoms with Gasteiger partial charge in [-0.15, -0.1) is 0 Å². The molecule has 2 heteroatoms. The van der Waals surface area contributed by atoms with Crippen LogP contribution in [-0.2, 0) is 4.43 Å². The van der Waals surface area contributed by atoms with Gasteiger partial charge in [-0.25, -0.2) is 0 Å². The van der Waals surface area contributed by atoms with Gasteiger partial charge in [0.2, 0.25) is 0 Å². The van der Waals surface area contributed by atoms with Gasteiger partial charge in [0.05, 0.1) is 0 Å². The maximum Gasteiger partial charge on any atom is 0.161 e. The average molecular weight is 188 g/mol. The van der Waals surface area contributed by atoms with E-state index in [-0.39, 0.29) is 9.76 Å². The molecule has 0 saturated carbocycles. The van der Waals surface area contributed by atoms with Crippen LogP contribution in [-0.4, -0.2) is 16.4 Å². The summed E-state index contributed by atoms with van der Waals surface area (Å²) in [5, 5.41) is 0. The molecule has 0 aliphatic heterocycles. The van der Waals surface area contributed by atoms with Crippen LogP contribution in [0.15, 0.2) is 0 Å². The quantitative estimate of drug-likeness (QED) is 0.420. The van der Waals surface area contributed by atoms with E-state index in [9.17, 15) is 0 Å². The lowest BCUT2D eigenvalue weighted by atomic mass is 10.0. The van der Waals surface area contributed by atoms with Crippen LogP contribution in [0.1, 0.15) is 46.5 Å². The maximum atomic E-state index is 5.67. The molecule has 0 fully saturated rings. The van der Waals surface area contributed by atoms with Crippen LogP contribution >= 0.6 is 0 Å². The van der Waals surface area contributed by atoms with Crippen LogP contribution in [0.25, 0.3) is 0 Å². The zero-order valence-corrected chi connectivity index (χ0v) is 10.3. The van der Waals surface area contributed by atoms with Gasteiger partial charge in [-0.3, -0.25) is 0 Å². The summed E-state index contributed by atoms with van der Waals surface area (Å²) in [4.78, 5) is 0. The highest BCUT2D eigenvalue weighted by Crippen LogP contribution is 2.12. The van der Waals surface area contributed by atoms with Crippen molar-refractivity contribution in [3.8, 4) is 0 Å². The molecule has 0 N–H and O–H groups in total. The van der Waals surface area contributed by atoms with Gasteiger partial charge in [0, 0.05) is 6.61 Å². The fourth-order valence-corrected chi connectivity index (χ4v) is 2.08. The molecule has 0 aliphatic carbocycles. The predicted octanol–water partition coefficient (Wildman–Crippen LogP) is 2.74. The van der Waals surface area contributed by atoms with Crippen molar-refractivity contribution in [1.29, 1.82) is 0 Å². The van der Waals surface area contributed by atoms with Crippen LogP contribution < -0.4 is 0 Å². The molecule has 0 aliphatic rings. The highest BCUT2D eigenvalue weighted by molar-refractivity contribution is 6.26. The average Bonchev–Trinajstić information content (AvgIpc) is 2.11. The Morgan fingerprint density at radius 2 is 2.00 bits per heavy atom. The van der Waals surface area contributed by atoms with Gasteiger partial charge in [-0.05, 0) is 18.4 Å². The Morgan fingerprint density at radius 1 is 1.25 bits per heavy atom. The van der Waals surface area contributed by atoms with Crippen LogP contribution in [0, 0.1) is 5.92 Å². The largest absolute Gasteiger partial charge is 0.424 e. The third-order valence-electron chi connectivity index (χ3n) is 2.25. The van der Waals surface area contributed by atoms with Gasteiger partial charge >= 0.3 is 0 Å². The topological polar surface area (TPSA) is 9.23 Å². The molecule has 0 aromatic heterocycles. The standard InChI is InChI=1S/C10H24OSi/c1-4-7-8-10(5-2)9-11-12-6-3/h10H,4-9,12H2,1-3H3. The number of hydrogen-bond acceptors (Lipinski definition) is 1. The Bertz CT molecular complexity index is 85.9. The van der Waals surface area contributed by atoms with Crippen molar-refractivity contribution >= 4 is 9.76 Å². The van der Waals surface area contributed by atoms with Crippen LogP contribution in [0.2, 0.25) is 6.04 Å². The maximum absolute atomic E-state index is 5.67. The van der Waals surface area contributed by atoms with Gasteiger partial charge in [-0.1, -0.05) is 40.0 Å². The summed E-state index contributed by atoms with van der Waals surface area (Å²) in [6.45, 7) is 7.79. The molecule has 1 unspecified atom stereocenters. The Balaban J connectivity index is 3.26. The van der Waals surface area contributed by atoms with Crippen molar-refractivity contribution in [2.45, 2.75) is 52.5 Å². The van der Waals surface area contributed by atoms with Crippen molar-refractivity contribution in [2.75, 3.05) is 6.61 Å². The molecule has 0 spiro atoms. The summed E-state index contributed by atoms with van der Waals surface area (Å²) in [7, 11) is -0.154. The second kappa shape index (κ2) is 9.27. The molecule has 0 bridgehead atoms. The van der Waals surface area contributed by atoms with Crippen molar-refractivity contribution in [2.24, 2.45) is 5.92 Å². The highest BCUT2D eigenvalue weighted by Gasteiger charge is 2.04. The molecule has 0 radical (unpaired) electrons. The third kappa shape index (κ3) is 6.86. The molecule has 1 nitrogen and oxygen atoms in total. The molecule has 0 heterocycles. The molecule has 12 heavy (non-hydrogen) atoms. The van der Waals surface area contributed by atoms with E-state index in [2.05, 4.69) is 20.8 Å². The van der Waals surface area contributed by atoms with Crippen molar-refractivity contribution in [1.82, 2.24) is 0 Å². The zero-order chi connectivity index (χ0) is 9.23. The van der Waals surface area contributed by atoms with Crippen LogP contribution in [0.3, 0.4) is 0 Å². The molecule has 0 rings (SSSR count). The van der Waals surface area contributed by atoms with E-state index >= 15 is 0 Å². The molecule has 74 valence electrons. The second-order valence-corrected chi connectivity index (χ2v) is 5.31. The fourth-order valence-electron chi connectivity index (χ4n) is 1.29. The smallest absolute Gasteiger partial charge is 0.161 e. The minimum absolute atomic E-state index is 0.154. The minimum atomic E-state index is -0.154. The first-order chi connectivity index (χ1) is 5.85. The molecule has 0 aromatic carbocycles. The summed E-state index contributed by atoms with van der Waals surface area (Å²) in [5.41, 5.74) is 0. The zero-order valence-electron chi connectivity index (χ0n) is 8.94. The lowest BCUT2D eigenvalue weighted by molar-refractivity contribution is 0.243.